The quantitative estimate of drug-likeness (QED) is 0.364. The van der Waals surface area contributed by atoms with Crippen LogP contribution in [0.5, 0.6) is 0 Å². The number of aromatic nitrogens is 4. The van der Waals surface area contributed by atoms with Crippen LogP contribution in [0.4, 0.5) is 11.5 Å². The minimum Gasteiger partial charge on any atom is -0.364 e. The normalized spacial score (nSPS) is 14.0. The Morgan fingerprint density at radius 3 is 2.59 bits per heavy atom. The van der Waals surface area contributed by atoms with E-state index in [1.54, 1.807) is 10.6 Å². The summed E-state index contributed by atoms with van der Waals surface area (Å²) in [6, 6.07) is 21.7. The summed E-state index contributed by atoms with van der Waals surface area (Å²) < 4.78 is 31.7. The summed E-state index contributed by atoms with van der Waals surface area (Å²) in [5, 5.41) is 8.71. The molecular weight excluding hydrogens is 448 g/mol. The van der Waals surface area contributed by atoms with Crippen LogP contribution in [-0.2, 0) is 16.6 Å². The van der Waals surface area contributed by atoms with Gasteiger partial charge in [-0.3, -0.25) is 9.29 Å². The molecule has 5 aromatic rings. The van der Waals surface area contributed by atoms with E-state index in [0.29, 0.717) is 18.2 Å². The van der Waals surface area contributed by atoms with Gasteiger partial charge in [0.2, 0.25) is 10.0 Å². The molecule has 3 heterocycles. The van der Waals surface area contributed by atoms with Crippen LogP contribution < -0.4 is 10.0 Å². The molecule has 1 aliphatic rings. The Kier molecular flexibility index (Phi) is 4.80. The molecule has 9 heteroatoms. The number of hydrogen-bond acceptors (Lipinski definition) is 5. The van der Waals surface area contributed by atoms with Gasteiger partial charge in [0.1, 0.15) is 5.52 Å². The summed E-state index contributed by atoms with van der Waals surface area (Å²) in [7, 11) is -3.37. The van der Waals surface area contributed by atoms with E-state index in [0.717, 1.165) is 46.3 Å². The number of nitrogens with one attached hydrogen (secondary N) is 2. The van der Waals surface area contributed by atoms with Crippen molar-refractivity contribution >= 4 is 37.9 Å². The molecule has 8 nitrogen and oxygen atoms in total. The van der Waals surface area contributed by atoms with Gasteiger partial charge in [-0.2, -0.15) is 4.98 Å². The highest BCUT2D eigenvalue weighted by atomic mass is 32.2. The van der Waals surface area contributed by atoms with Crippen molar-refractivity contribution in [3.05, 3.63) is 84.2 Å². The van der Waals surface area contributed by atoms with E-state index < -0.39 is 10.0 Å². The molecule has 3 aromatic heterocycles. The molecule has 172 valence electrons. The van der Waals surface area contributed by atoms with E-state index in [1.807, 2.05) is 66.2 Å². The van der Waals surface area contributed by atoms with Crippen LogP contribution in [0.1, 0.15) is 24.1 Å². The van der Waals surface area contributed by atoms with Crippen LogP contribution >= 0.6 is 0 Å². The first kappa shape index (κ1) is 20.7. The van der Waals surface area contributed by atoms with Crippen LogP contribution in [0, 0.1) is 6.92 Å². The Hall–Kier alpha value is -3.85. The lowest BCUT2D eigenvalue weighted by Gasteiger charge is -2.13. The predicted molar refractivity (Wildman–Crippen MR) is 134 cm³/mol. The largest absolute Gasteiger partial charge is 0.364 e. The molecule has 1 aliphatic carbocycles. The second-order valence-corrected chi connectivity index (χ2v) is 10.6. The van der Waals surface area contributed by atoms with Crippen LogP contribution in [0.15, 0.2) is 72.9 Å². The first-order valence-corrected chi connectivity index (χ1v) is 12.8. The molecule has 0 unspecified atom stereocenters. The molecule has 0 radical (unpaired) electrons. The minimum atomic E-state index is -3.37. The molecule has 34 heavy (non-hydrogen) atoms. The van der Waals surface area contributed by atoms with Crippen molar-refractivity contribution in [3.8, 4) is 5.95 Å². The van der Waals surface area contributed by atoms with E-state index >= 15 is 0 Å². The van der Waals surface area contributed by atoms with Gasteiger partial charge < -0.3 is 5.32 Å². The smallest absolute Gasteiger partial charge is 0.254 e. The molecule has 0 bridgehead atoms. The van der Waals surface area contributed by atoms with E-state index in [1.165, 1.54) is 0 Å². The van der Waals surface area contributed by atoms with Crippen molar-refractivity contribution in [2.24, 2.45) is 0 Å². The second-order valence-electron chi connectivity index (χ2n) is 8.64. The van der Waals surface area contributed by atoms with Crippen LogP contribution in [0.25, 0.3) is 22.4 Å². The fraction of sp³-hybridized carbons (Fsp3) is 0.200. The van der Waals surface area contributed by atoms with E-state index in [9.17, 15) is 8.42 Å². The van der Waals surface area contributed by atoms with Gasteiger partial charge in [-0.25, -0.2) is 12.9 Å². The van der Waals surface area contributed by atoms with Crippen molar-refractivity contribution in [2.75, 3.05) is 10.0 Å². The van der Waals surface area contributed by atoms with Gasteiger partial charge >= 0.3 is 0 Å². The minimum absolute atomic E-state index is 0.288. The molecule has 6 rings (SSSR count). The maximum Gasteiger partial charge on any atom is 0.254 e. The highest BCUT2D eigenvalue weighted by molar-refractivity contribution is 7.93. The highest BCUT2D eigenvalue weighted by Crippen LogP contribution is 2.34. The summed E-state index contributed by atoms with van der Waals surface area (Å²) in [6.07, 6.45) is 3.33. The van der Waals surface area contributed by atoms with Gasteiger partial charge in [0, 0.05) is 23.8 Å². The van der Waals surface area contributed by atoms with E-state index in [-0.39, 0.29) is 5.25 Å². The van der Waals surface area contributed by atoms with Gasteiger partial charge in [-0.1, -0.05) is 36.4 Å². The SMILES string of the molecule is Cc1cc2c(NS(=O)(=O)C3CC3)cccc2n1-c1nc(NCc2ccccc2)c2cccn2n1. The van der Waals surface area contributed by atoms with Gasteiger partial charge in [0.15, 0.2) is 5.82 Å². The standard InChI is InChI=1S/C25H24N6O2S/c1-17-15-20-21(29-34(32,33)19-12-13-19)9-5-10-22(20)31(17)25-27-24(23-11-6-14-30(23)28-25)26-16-18-7-3-2-4-8-18/h2-11,14-15,19,29H,12-13,16H2,1H3,(H,26,27,28). The maximum atomic E-state index is 12.6. The Morgan fingerprint density at radius 2 is 1.79 bits per heavy atom. The monoisotopic (exact) mass is 472 g/mol. The van der Waals surface area contributed by atoms with Crippen LogP contribution in [-0.4, -0.2) is 32.8 Å². The number of fused-ring (bicyclic) bond motifs is 2. The molecule has 0 amide bonds. The fourth-order valence-electron chi connectivity index (χ4n) is 4.26. The number of aryl methyl sites for hydroxylation is 1. The Bertz CT molecular complexity index is 1620. The third kappa shape index (κ3) is 3.67. The fourth-order valence-corrected chi connectivity index (χ4v) is 5.67. The van der Waals surface area contributed by atoms with Gasteiger partial charge in [-0.15, -0.1) is 5.10 Å². The van der Waals surface area contributed by atoms with Crippen LogP contribution in [0.2, 0.25) is 0 Å². The molecule has 0 saturated heterocycles. The summed E-state index contributed by atoms with van der Waals surface area (Å²) in [6.45, 7) is 2.61. The molecule has 2 aromatic carbocycles. The molecule has 1 saturated carbocycles. The third-order valence-corrected chi connectivity index (χ3v) is 7.98. The lowest BCUT2D eigenvalue weighted by molar-refractivity contribution is 0.600. The summed E-state index contributed by atoms with van der Waals surface area (Å²) in [5.74, 6) is 1.24. The van der Waals surface area contributed by atoms with Gasteiger partial charge in [0.25, 0.3) is 5.95 Å². The molecule has 0 spiro atoms. The zero-order valence-corrected chi connectivity index (χ0v) is 19.5. The first-order chi connectivity index (χ1) is 16.5. The molecule has 2 N–H and O–H groups in total. The number of anilines is 2. The highest BCUT2D eigenvalue weighted by Gasteiger charge is 2.36. The Morgan fingerprint density at radius 1 is 1.00 bits per heavy atom. The lowest BCUT2D eigenvalue weighted by atomic mass is 10.2. The summed E-state index contributed by atoms with van der Waals surface area (Å²) in [5.41, 5.74) is 4.37. The summed E-state index contributed by atoms with van der Waals surface area (Å²) >= 11 is 0. The number of nitrogens with zero attached hydrogens (tertiary/aromatic N) is 4. The number of benzene rings is 2. The lowest BCUT2D eigenvalue weighted by Crippen LogP contribution is -2.17. The Labute approximate surface area is 197 Å². The van der Waals surface area contributed by atoms with Gasteiger partial charge in [0.05, 0.1) is 16.5 Å². The average molecular weight is 473 g/mol. The first-order valence-electron chi connectivity index (χ1n) is 11.3. The molecular formula is C25H24N6O2S. The zero-order valence-electron chi connectivity index (χ0n) is 18.6. The number of hydrogen-bond donors (Lipinski definition) is 2. The summed E-state index contributed by atoms with van der Waals surface area (Å²) in [4.78, 5) is 4.87. The van der Waals surface area contributed by atoms with Crippen molar-refractivity contribution in [1.29, 1.82) is 0 Å². The number of sulfonamides is 1. The van der Waals surface area contributed by atoms with Crippen molar-refractivity contribution in [1.82, 2.24) is 19.2 Å². The number of rotatable bonds is 7. The third-order valence-electron chi connectivity index (χ3n) is 6.13. The van der Waals surface area contributed by atoms with Crippen molar-refractivity contribution < 1.29 is 8.42 Å². The molecule has 1 fully saturated rings. The maximum absolute atomic E-state index is 12.6. The predicted octanol–water partition coefficient (Wildman–Crippen LogP) is 4.50. The van der Waals surface area contributed by atoms with E-state index in [4.69, 9.17) is 10.1 Å². The van der Waals surface area contributed by atoms with Gasteiger partial charge in [-0.05, 0) is 55.7 Å². The second kappa shape index (κ2) is 7.88. The van der Waals surface area contributed by atoms with E-state index in [2.05, 4.69) is 22.2 Å². The zero-order chi connectivity index (χ0) is 23.3. The van der Waals surface area contributed by atoms with Crippen LogP contribution in [0.3, 0.4) is 0 Å². The topological polar surface area (TPSA) is 93.3 Å². The molecule has 0 atom stereocenters. The van der Waals surface area contributed by atoms with Crippen molar-refractivity contribution in [2.45, 2.75) is 31.6 Å². The Balaban J connectivity index is 1.43. The van der Waals surface area contributed by atoms with Crippen molar-refractivity contribution in [3.63, 3.8) is 0 Å². The average Bonchev–Trinajstić information content (AvgIpc) is 3.50. The molecule has 0 aliphatic heterocycles.